The van der Waals surface area contributed by atoms with Gasteiger partial charge in [0.15, 0.2) is 0 Å². The third-order valence-electron chi connectivity index (χ3n) is 4.50. The van der Waals surface area contributed by atoms with Crippen molar-refractivity contribution in [3.05, 3.63) is 82.0 Å². The van der Waals surface area contributed by atoms with Gasteiger partial charge in [0.2, 0.25) is 5.78 Å². The number of furan rings is 1. The van der Waals surface area contributed by atoms with Gasteiger partial charge >= 0.3 is 0 Å². The lowest BCUT2D eigenvalue weighted by Gasteiger charge is -1.99. The van der Waals surface area contributed by atoms with Gasteiger partial charge in [0.05, 0.1) is 16.0 Å². The normalized spacial score (nSPS) is 16.6. The van der Waals surface area contributed by atoms with E-state index in [2.05, 4.69) is 5.32 Å². The standard InChI is InChI=1S/C21H11NO4S/c23-19-14-3-1-2-4-17(14)27-18(19)10-12-6-8-16(26-12)11-5-7-13-15(9-11)21(25)22-20(13)24/h1-10H,(H,22,24,25)/b18-10-. The molecule has 0 bridgehead atoms. The molecule has 2 aromatic carbocycles. The molecule has 5 nitrogen and oxygen atoms in total. The van der Waals surface area contributed by atoms with Crippen molar-refractivity contribution in [3.8, 4) is 11.3 Å². The van der Waals surface area contributed by atoms with Crippen molar-refractivity contribution in [2.75, 3.05) is 0 Å². The molecule has 0 atom stereocenters. The van der Waals surface area contributed by atoms with Gasteiger partial charge in [-0.05, 0) is 42.5 Å². The first-order valence-corrected chi connectivity index (χ1v) is 9.05. The number of carbonyl (C=O) groups is 3. The summed E-state index contributed by atoms with van der Waals surface area (Å²) in [4.78, 5) is 37.5. The molecular weight excluding hydrogens is 362 g/mol. The lowest BCUT2D eigenvalue weighted by molar-refractivity contribution is 0.0879. The van der Waals surface area contributed by atoms with Crippen LogP contribution >= 0.6 is 11.8 Å². The first kappa shape index (κ1) is 15.8. The summed E-state index contributed by atoms with van der Waals surface area (Å²) in [5.41, 5.74) is 2.10. The molecule has 0 unspecified atom stereocenters. The second-order valence-electron chi connectivity index (χ2n) is 6.18. The summed E-state index contributed by atoms with van der Waals surface area (Å²) in [7, 11) is 0. The lowest BCUT2D eigenvalue weighted by atomic mass is 10.0. The zero-order valence-electron chi connectivity index (χ0n) is 13.8. The number of amides is 2. The molecule has 0 saturated carbocycles. The Morgan fingerprint density at radius 1 is 0.852 bits per heavy atom. The number of allylic oxidation sites excluding steroid dienone is 1. The van der Waals surface area contributed by atoms with Crippen molar-refractivity contribution < 1.29 is 18.8 Å². The van der Waals surface area contributed by atoms with E-state index in [4.69, 9.17) is 4.42 Å². The average Bonchev–Trinajstić information content (AvgIpc) is 3.34. The number of imide groups is 1. The third kappa shape index (κ3) is 2.53. The van der Waals surface area contributed by atoms with Gasteiger partial charge in [0.25, 0.3) is 11.8 Å². The highest BCUT2D eigenvalue weighted by Gasteiger charge is 2.28. The van der Waals surface area contributed by atoms with E-state index < -0.39 is 5.91 Å². The van der Waals surface area contributed by atoms with Gasteiger partial charge in [-0.15, -0.1) is 0 Å². The maximum Gasteiger partial charge on any atom is 0.258 e. The Bertz CT molecular complexity index is 1190. The van der Waals surface area contributed by atoms with Crippen molar-refractivity contribution in [3.63, 3.8) is 0 Å². The highest BCUT2D eigenvalue weighted by Crippen LogP contribution is 2.41. The second kappa shape index (κ2) is 5.82. The first-order valence-electron chi connectivity index (χ1n) is 8.23. The van der Waals surface area contributed by atoms with Crippen LogP contribution in [0.5, 0.6) is 0 Å². The van der Waals surface area contributed by atoms with Crippen LogP contribution in [0.2, 0.25) is 0 Å². The molecule has 5 rings (SSSR count). The van der Waals surface area contributed by atoms with E-state index in [0.29, 0.717) is 38.7 Å². The Morgan fingerprint density at radius 2 is 1.67 bits per heavy atom. The van der Waals surface area contributed by atoms with Crippen LogP contribution in [0.25, 0.3) is 17.4 Å². The number of carbonyl (C=O) groups excluding carboxylic acids is 3. The smallest absolute Gasteiger partial charge is 0.258 e. The molecule has 0 aliphatic carbocycles. The minimum atomic E-state index is -0.406. The minimum Gasteiger partial charge on any atom is -0.457 e. The second-order valence-corrected chi connectivity index (χ2v) is 7.27. The number of hydrogen-bond acceptors (Lipinski definition) is 5. The molecule has 2 aliphatic rings. The Morgan fingerprint density at radius 3 is 2.52 bits per heavy atom. The molecule has 130 valence electrons. The number of nitrogens with one attached hydrogen (secondary N) is 1. The molecule has 2 amide bonds. The van der Waals surface area contributed by atoms with Crippen molar-refractivity contribution in [1.82, 2.24) is 5.32 Å². The van der Waals surface area contributed by atoms with Crippen molar-refractivity contribution in [2.45, 2.75) is 4.90 Å². The SMILES string of the molecule is O=C1/C(=C/c2ccc(-c3ccc4c(c3)C(=O)NC4=O)o2)Sc2ccccc21. The molecule has 2 aliphatic heterocycles. The van der Waals surface area contributed by atoms with Gasteiger partial charge in [-0.1, -0.05) is 30.0 Å². The average molecular weight is 373 g/mol. The minimum absolute atomic E-state index is 0.0127. The summed E-state index contributed by atoms with van der Waals surface area (Å²) in [5.74, 6) is 0.305. The molecule has 3 aromatic rings. The van der Waals surface area contributed by atoms with E-state index in [1.54, 1.807) is 36.4 Å². The van der Waals surface area contributed by atoms with E-state index in [1.165, 1.54) is 11.8 Å². The number of fused-ring (bicyclic) bond motifs is 2. The van der Waals surface area contributed by atoms with Crippen LogP contribution in [0, 0.1) is 0 Å². The summed E-state index contributed by atoms with van der Waals surface area (Å²) in [6, 6.07) is 16.0. The van der Waals surface area contributed by atoms with Crippen LogP contribution in [0.1, 0.15) is 36.8 Å². The van der Waals surface area contributed by atoms with Gasteiger partial charge in [-0.25, -0.2) is 0 Å². The zero-order chi connectivity index (χ0) is 18.5. The molecule has 1 aromatic heterocycles. The predicted octanol–water partition coefficient (Wildman–Crippen LogP) is 4.16. The van der Waals surface area contributed by atoms with Crippen LogP contribution < -0.4 is 5.32 Å². The highest BCUT2D eigenvalue weighted by molar-refractivity contribution is 8.04. The molecule has 27 heavy (non-hydrogen) atoms. The number of benzene rings is 2. The Hall–Kier alpha value is -3.38. The van der Waals surface area contributed by atoms with E-state index >= 15 is 0 Å². The van der Waals surface area contributed by atoms with Gasteiger partial charge in [-0.2, -0.15) is 0 Å². The van der Waals surface area contributed by atoms with Crippen molar-refractivity contribution >= 4 is 35.4 Å². The number of rotatable bonds is 2. The van der Waals surface area contributed by atoms with Gasteiger partial charge in [0.1, 0.15) is 11.5 Å². The summed E-state index contributed by atoms with van der Waals surface area (Å²) in [6.07, 6.45) is 1.72. The van der Waals surface area contributed by atoms with Crippen molar-refractivity contribution in [1.29, 1.82) is 0 Å². The number of thioether (sulfide) groups is 1. The molecular formula is C21H11NO4S. The highest BCUT2D eigenvalue weighted by atomic mass is 32.2. The summed E-state index contributed by atoms with van der Waals surface area (Å²) >= 11 is 1.42. The fourth-order valence-corrected chi connectivity index (χ4v) is 4.20. The quantitative estimate of drug-likeness (QED) is 0.539. The third-order valence-corrected chi connectivity index (χ3v) is 5.59. The largest absolute Gasteiger partial charge is 0.457 e. The maximum atomic E-state index is 12.5. The summed E-state index contributed by atoms with van der Waals surface area (Å²) < 4.78 is 5.84. The van der Waals surface area contributed by atoms with Gasteiger partial charge in [-0.3, -0.25) is 19.7 Å². The molecule has 3 heterocycles. The van der Waals surface area contributed by atoms with Gasteiger partial charge < -0.3 is 4.42 Å². The zero-order valence-corrected chi connectivity index (χ0v) is 14.6. The number of hydrogen-bond donors (Lipinski definition) is 1. The Labute approximate surface area is 158 Å². The Balaban J connectivity index is 1.47. The lowest BCUT2D eigenvalue weighted by Crippen LogP contribution is -2.19. The molecule has 1 N–H and O–H groups in total. The van der Waals surface area contributed by atoms with Crippen LogP contribution in [-0.2, 0) is 0 Å². The van der Waals surface area contributed by atoms with Crippen molar-refractivity contribution in [2.24, 2.45) is 0 Å². The van der Waals surface area contributed by atoms with Gasteiger partial charge in [0, 0.05) is 16.0 Å². The summed E-state index contributed by atoms with van der Waals surface area (Å²) in [5, 5.41) is 2.27. The van der Waals surface area contributed by atoms with Crippen LogP contribution in [0.3, 0.4) is 0 Å². The van der Waals surface area contributed by atoms with E-state index in [-0.39, 0.29) is 11.7 Å². The molecule has 0 spiro atoms. The van der Waals surface area contributed by atoms with Crippen LogP contribution in [-0.4, -0.2) is 17.6 Å². The first-order chi connectivity index (χ1) is 13.1. The predicted molar refractivity (Wildman–Crippen MR) is 101 cm³/mol. The van der Waals surface area contributed by atoms with Crippen LogP contribution in [0.15, 0.2) is 68.8 Å². The monoisotopic (exact) mass is 373 g/mol. The molecule has 6 heteroatoms. The van der Waals surface area contributed by atoms with E-state index in [0.717, 1.165) is 4.90 Å². The molecule has 0 saturated heterocycles. The Kier molecular flexibility index (Phi) is 3.42. The number of ketones is 1. The molecule has 0 fully saturated rings. The van der Waals surface area contributed by atoms with E-state index in [1.807, 2.05) is 24.3 Å². The van der Waals surface area contributed by atoms with E-state index in [9.17, 15) is 14.4 Å². The number of Topliss-reactive ketones (excluding diaryl/α,β-unsaturated/α-hetero) is 1. The fourth-order valence-electron chi connectivity index (χ4n) is 3.17. The summed E-state index contributed by atoms with van der Waals surface area (Å²) in [6.45, 7) is 0. The fraction of sp³-hybridized carbons (Fsp3) is 0. The molecule has 0 radical (unpaired) electrons. The van der Waals surface area contributed by atoms with Crippen LogP contribution in [0.4, 0.5) is 0 Å². The maximum absolute atomic E-state index is 12.5. The topological polar surface area (TPSA) is 76.4 Å².